The number of ether oxygens (including phenoxy) is 4. The second-order valence-electron chi connectivity index (χ2n) is 5.41. The number of rotatable bonds is 5. The van der Waals surface area contributed by atoms with Crippen LogP contribution in [0.3, 0.4) is 0 Å². The van der Waals surface area contributed by atoms with Gasteiger partial charge in [-0.2, -0.15) is 0 Å². The molecule has 2 aromatic carbocycles. The van der Waals surface area contributed by atoms with Gasteiger partial charge in [0.05, 0.1) is 19.9 Å². The highest BCUT2D eigenvalue weighted by Crippen LogP contribution is 2.40. The highest BCUT2D eigenvalue weighted by atomic mass is 35.5. The van der Waals surface area contributed by atoms with Crippen LogP contribution < -0.4 is 24.3 Å². The Labute approximate surface area is 156 Å². The summed E-state index contributed by atoms with van der Waals surface area (Å²) in [7, 11) is 3.08. The van der Waals surface area contributed by atoms with E-state index in [2.05, 4.69) is 5.32 Å². The van der Waals surface area contributed by atoms with Crippen LogP contribution in [0.1, 0.15) is 5.56 Å². The monoisotopic (exact) mass is 375 g/mol. The van der Waals surface area contributed by atoms with Gasteiger partial charge in [0.2, 0.25) is 11.7 Å². The number of methoxy groups -OCH3 is 2. The Morgan fingerprint density at radius 1 is 1.12 bits per heavy atom. The number of carbonyl (C=O) groups is 1. The summed E-state index contributed by atoms with van der Waals surface area (Å²) in [5, 5.41) is 3.24. The van der Waals surface area contributed by atoms with Crippen molar-refractivity contribution >= 4 is 29.3 Å². The number of benzene rings is 2. The Balaban J connectivity index is 1.77. The minimum atomic E-state index is -0.320. The zero-order chi connectivity index (χ0) is 18.5. The molecule has 1 amide bonds. The van der Waals surface area contributed by atoms with E-state index in [4.69, 9.17) is 30.5 Å². The van der Waals surface area contributed by atoms with Crippen LogP contribution in [0.2, 0.25) is 5.02 Å². The molecule has 1 aliphatic rings. The largest absolute Gasteiger partial charge is 0.495 e. The summed E-state index contributed by atoms with van der Waals surface area (Å²) >= 11 is 5.97. The lowest BCUT2D eigenvalue weighted by atomic mass is 10.1. The van der Waals surface area contributed by atoms with Gasteiger partial charge in [-0.1, -0.05) is 11.6 Å². The Kier molecular flexibility index (Phi) is 5.53. The van der Waals surface area contributed by atoms with Gasteiger partial charge in [0, 0.05) is 11.1 Å². The first kappa shape index (κ1) is 17.9. The van der Waals surface area contributed by atoms with Gasteiger partial charge in [0.1, 0.15) is 19.0 Å². The molecular formula is C19H18ClNO5. The molecule has 6 nitrogen and oxygen atoms in total. The van der Waals surface area contributed by atoms with Crippen LogP contribution in [0.5, 0.6) is 23.0 Å². The summed E-state index contributed by atoms with van der Waals surface area (Å²) in [5.74, 6) is 1.92. The van der Waals surface area contributed by atoms with Gasteiger partial charge in [0.25, 0.3) is 0 Å². The molecule has 0 saturated heterocycles. The Morgan fingerprint density at radius 2 is 1.88 bits per heavy atom. The highest BCUT2D eigenvalue weighted by Gasteiger charge is 2.17. The maximum atomic E-state index is 12.2. The fourth-order valence-corrected chi connectivity index (χ4v) is 2.69. The maximum Gasteiger partial charge on any atom is 0.248 e. The highest BCUT2D eigenvalue weighted by molar-refractivity contribution is 6.31. The van der Waals surface area contributed by atoms with Gasteiger partial charge in [-0.3, -0.25) is 4.79 Å². The SMILES string of the molecule is COc1ccc(Cl)cc1NC(=O)/C=C/c1cc(OC)c2c(c1)OCCO2. The predicted octanol–water partition coefficient (Wildman–Crippen LogP) is 3.78. The fraction of sp³-hybridized carbons (Fsp3) is 0.211. The van der Waals surface area contributed by atoms with Crippen molar-refractivity contribution in [1.29, 1.82) is 0 Å². The van der Waals surface area contributed by atoms with Crippen molar-refractivity contribution in [3.63, 3.8) is 0 Å². The lowest BCUT2D eigenvalue weighted by Gasteiger charge is -2.20. The summed E-state index contributed by atoms with van der Waals surface area (Å²) in [6.45, 7) is 0.945. The van der Waals surface area contributed by atoms with E-state index >= 15 is 0 Å². The molecule has 0 unspecified atom stereocenters. The number of carbonyl (C=O) groups excluding carboxylic acids is 1. The summed E-state index contributed by atoms with van der Waals surface area (Å²) in [5.41, 5.74) is 1.24. The molecular weight excluding hydrogens is 358 g/mol. The molecule has 7 heteroatoms. The van der Waals surface area contributed by atoms with Crippen molar-refractivity contribution in [2.24, 2.45) is 0 Å². The van der Waals surface area contributed by atoms with Crippen LogP contribution in [0.25, 0.3) is 6.08 Å². The Hall–Kier alpha value is -2.86. The molecule has 0 aromatic heterocycles. The third-order valence-electron chi connectivity index (χ3n) is 3.70. The van der Waals surface area contributed by atoms with Crippen molar-refractivity contribution in [2.75, 3.05) is 32.8 Å². The molecule has 2 aromatic rings. The van der Waals surface area contributed by atoms with E-state index in [0.29, 0.717) is 46.9 Å². The summed E-state index contributed by atoms with van der Waals surface area (Å²) in [4.78, 5) is 12.2. The molecule has 1 aliphatic heterocycles. The van der Waals surface area contributed by atoms with Crippen molar-refractivity contribution < 1.29 is 23.7 Å². The molecule has 0 atom stereocenters. The topological polar surface area (TPSA) is 66.0 Å². The molecule has 0 saturated carbocycles. The van der Waals surface area contributed by atoms with Gasteiger partial charge < -0.3 is 24.3 Å². The zero-order valence-corrected chi connectivity index (χ0v) is 15.1. The average Bonchev–Trinajstić information content (AvgIpc) is 2.66. The summed E-state index contributed by atoms with van der Waals surface area (Å²) in [6.07, 6.45) is 3.07. The third-order valence-corrected chi connectivity index (χ3v) is 3.93. The van der Waals surface area contributed by atoms with Crippen LogP contribution in [-0.4, -0.2) is 33.3 Å². The minimum absolute atomic E-state index is 0.320. The van der Waals surface area contributed by atoms with E-state index in [-0.39, 0.29) is 5.91 Å². The second kappa shape index (κ2) is 8.01. The molecule has 1 heterocycles. The van der Waals surface area contributed by atoms with Gasteiger partial charge in [0.15, 0.2) is 11.5 Å². The predicted molar refractivity (Wildman–Crippen MR) is 99.7 cm³/mol. The lowest BCUT2D eigenvalue weighted by Crippen LogP contribution is -2.16. The minimum Gasteiger partial charge on any atom is -0.495 e. The molecule has 0 spiro atoms. The number of anilines is 1. The smallest absolute Gasteiger partial charge is 0.248 e. The summed E-state index contributed by atoms with van der Waals surface area (Å²) < 4.78 is 21.7. The Bertz CT molecular complexity index is 833. The molecule has 0 radical (unpaired) electrons. The standard InChI is InChI=1S/C19H18ClNO5/c1-23-15-5-4-13(20)11-14(15)21-18(22)6-3-12-9-16(24-2)19-17(10-12)25-7-8-26-19/h3-6,9-11H,7-8H2,1-2H3,(H,21,22)/b6-3+. The third kappa shape index (κ3) is 4.03. The van der Waals surface area contributed by atoms with Gasteiger partial charge in [-0.15, -0.1) is 0 Å². The first-order chi connectivity index (χ1) is 12.6. The van der Waals surface area contributed by atoms with E-state index in [1.165, 1.54) is 13.2 Å². The van der Waals surface area contributed by atoms with Crippen molar-refractivity contribution in [3.8, 4) is 23.0 Å². The lowest BCUT2D eigenvalue weighted by molar-refractivity contribution is -0.111. The molecule has 26 heavy (non-hydrogen) atoms. The number of halogens is 1. The summed E-state index contributed by atoms with van der Waals surface area (Å²) in [6, 6.07) is 8.57. The number of hydrogen-bond acceptors (Lipinski definition) is 5. The zero-order valence-electron chi connectivity index (χ0n) is 14.4. The van der Waals surface area contributed by atoms with E-state index in [1.54, 1.807) is 43.5 Å². The van der Waals surface area contributed by atoms with Gasteiger partial charge in [-0.05, 0) is 42.0 Å². The van der Waals surface area contributed by atoms with E-state index in [9.17, 15) is 4.79 Å². The Morgan fingerprint density at radius 3 is 2.65 bits per heavy atom. The fourth-order valence-electron chi connectivity index (χ4n) is 2.51. The number of hydrogen-bond donors (Lipinski definition) is 1. The van der Waals surface area contributed by atoms with Crippen LogP contribution >= 0.6 is 11.6 Å². The molecule has 0 aliphatic carbocycles. The number of fused-ring (bicyclic) bond motifs is 1. The molecule has 136 valence electrons. The van der Waals surface area contributed by atoms with Crippen molar-refractivity contribution in [3.05, 3.63) is 47.0 Å². The van der Waals surface area contributed by atoms with E-state index in [1.807, 2.05) is 0 Å². The molecule has 0 fully saturated rings. The van der Waals surface area contributed by atoms with E-state index < -0.39 is 0 Å². The van der Waals surface area contributed by atoms with E-state index in [0.717, 1.165) is 5.56 Å². The van der Waals surface area contributed by atoms with Crippen molar-refractivity contribution in [2.45, 2.75) is 0 Å². The van der Waals surface area contributed by atoms with Crippen LogP contribution in [0.15, 0.2) is 36.4 Å². The quantitative estimate of drug-likeness (QED) is 0.805. The number of amides is 1. The average molecular weight is 376 g/mol. The molecule has 0 bridgehead atoms. The normalized spacial score (nSPS) is 12.7. The van der Waals surface area contributed by atoms with Gasteiger partial charge in [-0.25, -0.2) is 0 Å². The first-order valence-corrected chi connectivity index (χ1v) is 8.28. The van der Waals surface area contributed by atoms with Crippen LogP contribution in [0, 0.1) is 0 Å². The van der Waals surface area contributed by atoms with Crippen LogP contribution in [-0.2, 0) is 4.79 Å². The van der Waals surface area contributed by atoms with Crippen molar-refractivity contribution in [1.82, 2.24) is 0 Å². The second-order valence-corrected chi connectivity index (χ2v) is 5.85. The molecule has 1 N–H and O–H groups in total. The maximum absolute atomic E-state index is 12.2. The number of nitrogens with one attached hydrogen (secondary N) is 1. The van der Waals surface area contributed by atoms with Crippen LogP contribution in [0.4, 0.5) is 5.69 Å². The molecule has 3 rings (SSSR count). The van der Waals surface area contributed by atoms with Gasteiger partial charge >= 0.3 is 0 Å². The first-order valence-electron chi connectivity index (χ1n) is 7.91.